The van der Waals surface area contributed by atoms with Gasteiger partial charge in [-0.3, -0.25) is 18.8 Å². The van der Waals surface area contributed by atoms with Crippen molar-refractivity contribution in [3.63, 3.8) is 0 Å². The smallest absolute Gasteiger partial charge is 0.333 e. The van der Waals surface area contributed by atoms with Crippen LogP contribution in [0.5, 0.6) is 0 Å². The summed E-state index contributed by atoms with van der Waals surface area (Å²) >= 11 is 0. The van der Waals surface area contributed by atoms with Crippen molar-refractivity contribution in [2.75, 3.05) is 32.8 Å². The molecule has 2 aromatic rings. The maximum Gasteiger partial charge on any atom is 0.333 e. The second kappa shape index (κ2) is 8.97. The van der Waals surface area contributed by atoms with Crippen molar-refractivity contribution in [1.29, 1.82) is 0 Å². The zero-order chi connectivity index (χ0) is 20.2. The van der Waals surface area contributed by atoms with Crippen molar-refractivity contribution in [2.24, 2.45) is 0 Å². The lowest BCUT2D eigenvalue weighted by Crippen LogP contribution is -2.47. The number of ether oxygens (including phenoxy) is 1. The van der Waals surface area contributed by atoms with Crippen molar-refractivity contribution in [3.8, 4) is 0 Å². The van der Waals surface area contributed by atoms with Crippen LogP contribution in [0.2, 0.25) is 0 Å². The lowest BCUT2D eigenvalue weighted by molar-refractivity contribution is -0.122. The molecule has 4 rings (SSSR count). The fourth-order valence-electron chi connectivity index (χ4n) is 4.34. The van der Waals surface area contributed by atoms with Crippen molar-refractivity contribution < 1.29 is 9.53 Å². The van der Waals surface area contributed by atoms with Gasteiger partial charge in [-0.15, -0.1) is 0 Å². The molecule has 1 N–H and O–H groups in total. The summed E-state index contributed by atoms with van der Waals surface area (Å²) in [6.45, 7) is 6.10. The second-order valence-electron chi connectivity index (χ2n) is 8.02. The molecule has 7 heteroatoms. The summed E-state index contributed by atoms with van der Waals surface area (Å²) < 4.78 is 8.76. The molecule has 29 heavy (non-hydrogen) atoms. The number of nitrogens with zero attached hydrogens (tertiary/aromatic N) is 3. The Hall–Kier alpha value is -2.38. The van der Waals surface area contributed by atoms with Gasteiger partial charge in [0.25, 0.3) is 0 Å². The molecule has 2 aliphatic rings. The molecule has 1 saturated heterocycles. The van der Waals surface area contributed by atoms with E-state index in [0.717, 1.165) is 68.8 Å². The summed E-state index contributed by atoms with van der Waals surface area (Å²) in [7, 11) is 0. The van der Waals surface area contributed by atoms with Crippen LogP contribution in [0, 0.1) is 0 Å². The number of allylic oxidation sites excluding steroid dienone is 2. The van der Waals surface area contributed by atoms with Crippen LogP contribution >= 0.6 is 0 Å². The van der Waals surface area contributed by atoms with E-state index in [1.165, 1.54) is 6.42 Å². The van der Waals surface area contributed by atoms with Gasteiger partial charge in [0.1, 0.15) is 6.54 Å². The molecular weight excluding hydrogens is 368 g/mol. The van der Waals surface area contributed by atoms with Crippen LogP contribution < -0.4 is 11.0 Å². The molecule has 1 atom stereocenters. The van der Waals surface area contributed by atoms with Crippen LogP contribution in [-0.4, -0.2) is 58.8 Å². The molecule has 1 aromatic carbocycles. The van der Waals surface area contributed by atoms with E-state index in [2.05, 4.69) is 16.3 Å². The Morgan fingerprint density at radius 3 is 2.66 bits per heavy atom. The molecule has 0 saturated carbocycles. The summed E-state index contributed by atoms with van der Waals surface area (Å²) in [5.41, 5.74) is 2.60. The SMILES string of the molecule is C[C@@H](CN1CCOCC1)NC(=O)Cn1c(=O)n(C2=CCCCC2)c2ccccc21. The first-order valence-corrected chi connectivity index (χ1v) is 10.6. The molecule has 156 valence electrons. The number of benzene rings is 1. The van der Waals surface area contributed by atoms with Gasteiger partial charge in [-0.1, -0.05) is 18.2 Å². The number of nitrogens with one attached hydrogen (secondary N) is 1. The molecular formula is C22H30N4O3. The lowest BCUT2D eigenvalue weighted by atomic mass is 10.0. The van der Waals surface area contributed by atoms with Crippen LogP contribution in [-0.2, 0) is 16.1 Å². The van der Waals surface area contributed by atoms with Gasteiger partial charge in [-0.2, -0.15) is 0 Å². The Kier molecular flexibility index (Phi) is 6.16. The van der Waals surface area contributed by atoms with Crippen LogP contribution in [0.3, 0.4) is 0 Å². The van der Waals surface area contributed by atoms with Gasteiger partial charge in [-0.05, 0) is 44.7 Å². The minimum atomic E-state index is -0.131. The van der Waals surface area contributed by atoms with Gasteiger partial charge in [0.2, 0.25) is 5.91 Å². The number of carbonyl (C=O) groups is 1. The quantitative estimate of drug-likeness (QED) is 0.809. The van der Waals surface area contributed by atoms with E-state index in [9.17, 15) is 9.59 Å². The van der Waals surface area contributed by atoms with Crippen molar-refractivity contribution in [1.82, 2.24) is 19.4 Å². The number of rotatable bonds is 6. The average Bonchev–Trinajstić information content (AvgIpc) is 3.01. The molecule has 0 unspecified atom stereocenters. The zero-order valence-corrected chi connectivity index (χ0v) is 17.1. The van der Waals surface area contributed by atoms with Gasteiger partial charge >= 0.3 is 5.69 Å². The Bertz CT molecular complexity index is 953. The van der Waals surface area contributed by atoms with E-state index < -0.39 is 0 Å². The fourth-order valence-corrected chi connectivity index (χ4v) is 4.34. The molecule has 2 heterocycles. The summed E-state index contributed by atoms with van der Waals surface area (Å²) in [6, 6.07) is 7.75. The van der Waals surface area contributed by atoms with E-state index in [0.29, 0.717) is 0 Å². The monoisotopic (exact) mass is 398 g/mol. The number of aromatic nitrogens is 2. The van der Waals surface area contributed by atoms with Crippen molar-refractivity contribution in [3.05, 3.63) is 40.8 Å². The number of amides is 1. The van der Waals surface area contributed by atoms with Gasteiger partial charge in [0.05, 0.1) is 24.2 Å². The number of morpholine rings is 1. The molecule has 0 radical (unpaired) electrons. The predicted molar refractivity (Wildman–Crippen MR) is 114 cm³/mol. The van der Waals surface area contributed by atoms with E-state index >= 15 is 0 Å². The number of fused-ring (bicyclic) bond motifs is 1. The third-order valence-electron chi connectivity index (χ3n) is 5.73. The molecule has 0 spiro atoms. The van der Waals surface area contributed by atoms with Crippen LogP contribution in [0.15, 0.2) is 35.1 Å². The Balaban J connectivity index is 1.51. The summed E-state index contributed by atoms with van der Waals surface area (Å²) in [4.78, 5) is 28.2. The maximum absolute atomic E-state index is 13.2. The largest absolute Gasteiger partial charge is 0.379 e. The summed E-state index contributed by atoms with van der Waals surface area (Å²) in [5, 5.41) is 3.05. The van der Waals surface area contributed by atoms with E-state index in [1.54, 1.807) is 9.13 Å². The topological polar surface area (TPSA) is 68.5 Å². The number of imidazole rings is 1. The first-order valence-electron chi connectivity index (χ1n) is 10.6. The fraction of sp³-hybridized carbons (Fsp3) is 0.545. The van der Waals surface area contributed by atoms with Crippen LogP contribution in [0.4, 0.5) is 0 Å². The first kappa shape index (κ1) is 19.9. The second-order valence-corrected chi connectivity index (χ2v) is 8.02. The molecule has 0 bridgehead atoms. The number of carbonyl (C=O) groups excluding carboxylic acids is 1. The Labute approximate surface area is 170 Å². The lowest BCUT2D eigenvalue weighted by Gasteiger charge is -2.29. The highest BCUT2D eigenvalue weighted by Crippen LogP contribution is 2.24. The third kappa shape index (κ3) is 4.46. The Morgan fingerprint density at radius 1 is 1.17 bits per heavy atom. The predicted octanol–water partition coefficient (Wildman–Crippen LogP) is 2.05. The normalized spacial score (nSPS) is 19.1. The van der Waals surface area contributed by atoms with Crippen molar-refractivity contribution in [2.45, 2.75) is 45.2 Å². The minimum absolute atomic E-state index is 0.0192. The molecule has 1 amide bonds. The van der Waals surface area contributed by atoms with E-state index in [-0.39, 0.29) is 24.2 Å². The Morgan fingerprint density at radius 2 is 1.93 bits per heavy atom. The van der Waals surface area contributed by atoms with E-state index in [4.69, 9.17) is 4.74 Å². The highest BCUT2D eigenvalue weighted by molar-refractivity contribution is 5.83. The zero-order valence-electron chi connectivity index (χ0n) is 17.1. The number of hydrogen-bond acceptors (Lipinski definition) is 4. The standard InChI is InChI=1S/C22H30N4O3/c1-17(15-24-11-13-29-14-12-24)23-21(27)16-25-19-9-5-6-10-20(19)26(22(25)28)18-7-3-2-4-8-18/h5-7,9-10,17H,2-4,8,11-16H2,1H3,(H,23,27)/t17-/m0/s1. The maximum atomic E-state index is 13.2. The first-order chi connectivity index (χ1) is 14.1. The molecule has 7 nitrogen and oxygen atoms in total. The van der Waals surface area contributed by atoms with Crippen LogP contribution in [0.1, 0.15) is 32.6 Å². The third-order valence-corrected chi connectivity index (χ3v) is 5.73. The highest BCUT2D eigenvalue weighted by Gasteiger charge is 2.20. The van der Waals surface area contributed by atoms with Crippen molar-refractivity contribution >= 4 is 22.6 Å². The highest BCUT2D eigenvalue weighted by atomic mass is 16.5. The molecule has 1 aromatic heterocycles. The summed E-state index contributed by atoms with van der Waals surface area (Å²) in [5.74, 6) is -0.131. The number of para-hydroxylation sites is 2. The average molecular weight is 399 g/mol. The van der Waals surface area contributed by atoms with Crippen LogP contribution in [0.25, 0.3) is 16.7 Å². The molecule has 1 aliphatic carbocycles. The minimum Gasteiger partial charge on any atom is -0.379 e. The van der Waals surface area contributed by atoms with Gasteiger partial charge in [-0.25, -0.2) is 4.79 Å². The van der Waals surface area contributed by atoms with Gasteiger partial charge in [0, 0.05) is 31.4 Å². The van der Waals surface area contributed by atoms with Gasteiger partial charge in [0.15, 0.2) is 0 Å². The van der Waals surface area contributed by atoms with E-state index in [1.807, 2.05) is 31.2 Å². The molecule has 1 aliphatic heterocycles. The summed E-state index contributed by atoms with van der Waals surface area (Å²) in [6.07, 6.45) is 6.32. The molecule has 1 fully saturated rings. The van der Waals surface area contributed by atoms with Gasteiger partial charge < -0.3 is 10.1 Å². The number of hydrogen-bond donors (Lipinski definition) is 1.